The van der Waals surface area contributed by atoms with Crippen LogP contribution in [0.1, 0.15) is 30.9 Å². The molecule has 1 unspecified atom stereocenters. The first-order chi connectivity index (χ1) is 8.61. The van der Waals surface area contributed by atoms with E-state index in [1.807, 2.05) is 26.0 Å². The van der Waals surface area contributed by atoms with Crippen LogP contribution >= 0.6 is 0 Å². The van der Waals surface area contributed by atoms with Crippen molar-refractivity contribution >= 4 is 11.6 Å². The molecule has 1 atom stereocenters. The Morgan fingerprint density at radius 1 is 1.50 bits per heavy atom. The van der Waals surface area contributed by atoms with Crippen molar-refractivity contribution in [3.63, 3.8) is 0 Å². The normalized spacial score (nSPS) is 15.6. The molecule has 0 bridgehead atoms. The summed E-state index contributed by atoms with van der Waals surface area (Å²) in [6, 6.07) is 7.68. The minimum Gasteiger partial charge on any atom is -0.373 e. The molecule has 0 spiro atoms. The van der Waals surface area contributed by atoms with Crippen LogP contribution in [0.5, 0.6) is 0 Å². The fourth-order valence-electron chi connectivity index (χ4n) is 1.79. The average Bonchev–Trinajstić information content (AvgIpc) is 3.15. The maximum atomic E-state index is 11.9. The van der Waals surface area contributed by atoms with Crippen molar-refractivity contribution < 1.29 is 4.79 Å². The molecule has 1 aromatic rings. The molecular weight excluding hydrogens is 226 g/mol. The van der Waals surface area contributed by atoms with E-state index in [0.29, 0.717) is 11.6 Å². The number of carbonyl (C=O) groups is 1. The van der Waals surface area contributed by atoms with Gasteiger partial charge >= 0.3 is 0 Å². The molecule has 94 valence electrons. The lowest BCUT2D eigenvalue weighted by Crippen LogP contribution is -2.38. The molecule has 1 aliphatic rings. The zero-order valence-electron chi connectivity index (χ0n) is 10.7. The molecule has 1 amide bonds. The van der Waals surface area contributed by atoms with Crippen LogP contribution in [0.3, 0.4) is 0 Å². The summed E-state index contributed by atoms with van der Waals surface area (Å²) >= 11 is 0. The third-order valence-electron chi connectivity index (χ3n) is 3.07. The second kappa shape index (κ2) is 5.09. The molecule has 0 aromatic heterocycles. The van der Waals surface area contributed by atoms with Crippen molar-refractivity contribution in [3.8, 4) is 6.07 Å². The molecule has 1 aromatic carbocycles. The predicted octanol–water partition coefficient (Wildman–Crippen LogP) is 1.95. The topological polar surface area (TPSA) is 64.9 Å². The van der Waals surface area contributed by atoms with Gasteiger partial charge in [0.25, 0.3) is 0 Å². The Kier molecular flexibility index (Phi) is 3.52. The number of aryl methyl sites for hydroxylation is 1. The number of nitriles is 1. The number of carbonyl (C=O) groups excluding carboxylic acids is 1. The number of benzene rings is 1. The minimum atomic E-state index is -0.334. The van der Waals surface area contributed by atoms with Crippen molar-refractivity contribution in [3.05, 3.63) is 29.3 Å². The fourth-order valence-corrected chi connectivity index (χ4v) is 1.79. The molecule has 0 saturated heterocycles. The van der Waals surface area contributed by atoms with Crippen molar-refractivity contribution in [1.29, 1.82) is 5.26 Å². The lowest BCUT2D eigenvalue weighted by atomic mass is 10.1. The van der Waals surface area contributed by atoms with Gasteiger partial charge in [0.05, 0.1) is 11.3 Å². The van der Waals surface area contributed by atoms with Crippen LogP contribution in [0.4, 0.5) is 5.69 Å². The van der Waals surface area contributed by atoms with Crippen LogP contribution in [0.25, 0.3) is 0 Å². The molecule has 0 aliphatic heterocycles. The van der Waals surface area contributed by atoms with E-state index in [2.05, 4.69) is 16.7 Å². The Bertz CT molecular complexity index is 500. The number of nitrogens with one attached hydrogen (secondary N) is 2. The molecule has 4 heteroatoms. The molecule has 1 aliphatic carbocycles. The van der Waals surface area contributed by atoms with Gasteiger partial charge in [0.15, 0.2) is 0 Å². The summed E-state index contributed by atoms with van der Waals surface area (Å²) in [4.78, 5) is 11.9. The van der Waals surface area contributed by atoms with Crippen molar-refractivity contribution in [2.24, 2.45) is 0 Å². The number of hydrogen-bond acceptors (Lipinski definition) is 3. The smallest absolute Gasteiger partial charge is 0.242 e. The fraction of sp³-hybridized carbons (Fsp3) is 0.429. The molecule has 2 rings (SSSR count). The Labute approximate surface area is 107 Å². The first-order valence-corrected chi connectivity index (χ1v) is 6.18. The van der Waals surface area contributed by atoms with Gasteiger partial charge in [-0.05, 0) is 38.3 Å². The van der Waals surface area contributed by atoms with Crippen LogP contribution in [-0.4, -0.2) is 18.0 Å². The third kappa shape index (κ3) is 2.80. The Morgan fingerprint density at radius 3 is 2.83 bits per heavy atom. The Hall–Kier alpha value is -2.02. The zero-order chi connectivity index (χ0) is 13.1. The Balaban J connectivity index is 2.08. The predicted molar refractivity (Wildman–Crippen MR) is 70.1 cm³/mol. The highest BCUT2D eigenvalue weighted by atomic mass is 16.2. The summed E-state index contributed by atoms with van der Waals surface area (Å²) in [7, 11) is 0. The summed E-state index contributed by atoms with van der Waals surface area (Å²) < 4.78 is 0. The average molecular weight is 243 g/mol. The highest BCUT2D eigenvalue weighted by Crippen LogP contribution is 2.22. The number of rotatable bonds is 4. The van der Waals surface area contributed by atoms with Gasteiger partial charge < -0.3 is 10.6 Å². The monoisotopic (exact) mass is 243 g/mol. The van der Waals surface area contributed by atoms with E-state index in [1.165, 1.54) is 0 Å². The number of nitrogens with zero attached hydrogens (tertiary/aromatic N) is 1. The van der Waals surface area contributed by atoms with E-state index in [1.54, 1.807) is 6.07 Å². The number of para-hydroxylation sites is 1. The maximum absolute atomic E-state index is 11.9. The summed E-state index contributed by atoms with van der Waals surface area (Å²) in [6.07, 6.45) is 2.15. The van der Waals surface area contributed by atoms with Crippen molar-refractivity contribution in [2.75, 3.05) is 5.32 Å². The standard InChI is InChI=1S/C14H17N3O/c1-9-4-3-5-11(8-15)13(9)16-10(2)14(18)17-12-6-7-12/h3-5,10,12,16H,6-7H2,1-2H3,(H,17,18). The summed E-state index contributed by atoms with van der Waals surface area (Å²) in [6.45, 7) is 3.74. The van der Waals surface area contributed by atoms with Crippen LogP contribution in [0.15, 0.2) is 18.2 Å². The molecule has 1 saturated carbocycles. The molecule has 1 fully saturated rings. The summed E-state index contributed by atoms with van der Waals surface area (Å²) in [5.74, 6) is -0.00959. The first kappa shape index (κ1) is 12.4. The van der Waals surface area contributed by atoms with E-state index in [-0.39, 0.29) is 11.9 Å². The third-order valence-corrected chi connectivity index (χ3v) is 3.07. The maximum Gasteiger partial charge on any atom is 0.242 e. The zero-order valence-corrected chi connectivity index (χ0v) is 10.7. The second-order valence-corrected chi connectivity index (χ2v) is 4.76. The number of amides is 1. The number of anilines is 1. The van der Waals surface area contributed by atoms with Gasteiger partial charge in [-0.15, -0.1) is 0 Å². The molecule has 4 nitrogen and oxygen atoms in total. The van der Waals surface area contributed by atoms with E-state index in [9.17, 15) is 4.79 Å². The number of hydrogen-bond donors (Lipinski definition) is 2. The summed E-state index contributed by atoms with van der Waals surface area (Å²) in [5, 5.41) is 15.1. The lowest BCUT2D eigenvalue weighted by Gasteiger charge is -2.17. The van der Waals surface area contributed by atoms with Crippen LogP contribution in [0.2, 0.25) is 0 Å². The molecular formula is C14H17N3O. The van der Waals surface area contributed by atoms with Gasteiger partial charge in [-0.3, -0.25) is 4.79 Å². The van der Waals surface area contributed by atoms with Crippen LogP contribution in [0, 0.1) is 18.3 Å². The van der Waals surface area contributed by atoms with E-state index >= 15 is 0 Å². The van der Waals surface area contributed by atoms with Gasteiger partial charge in [-0.2, -0.15) is 5.26 Å². The molecule has 0 radical (unpaired) electrons. The second-order valence-electron chi connectivity index (χ2n) is 4.76. The van der Waals surface area contributed by atoms with Crippen LogP contribution in [-0.2, 0) is 4.79 Å². The van der Waals surface area contributed by atoms with Crippen molar-refractivity contribution in [1.82, 2.24) is 5.32 Å². The lowest BCUT2D eigenvalue weighted by molar-refractivity contribution is -0.121. The summed E-state index contributed by atoms with van der Waals surface area (Å²) in [5.41, 5.74) is 2.29. The van der Waals surface area contributed by atoms with E-state index in [0.717, 1.165) is 24.1 Å². The largest absolute Gasteiger partial charge is 0.373 e. The highest BCUT2D eigenvalue weighted by Gasteiger charge is 2.25. The SMILES string of the molecule is Cc1cccc(C#N)c1NC(C)C(=O)NC1CC1. The van der Waals surface area contributed by atoms with Gasteiger partial charge in [0.2, 0.25) is 5.91 Å². The minimum absolute atomic E-state index is 0.00959. The van der Waals surface area contributed by atoms with Gasteiger partial charge in [0.1, 0.15) is 12.1 Å². The Morgan fingerprint density at radius 2 is 2.22 bits per heavy atom. The van der Waals surface area contributed by atoms with Gasteiger partial charge in [0, 0.05) is 6.04 Å². The molecule has 0 heterocycles. The highest BCUT2D eigenvalue weighted by molar-refractivity contribution is 5.85. The van der Waals surface area contributed by atoms with Gasteiger partial charge in [-0.1, -0.05) is 12.1 Å². The first-order valence-electron chi connectivity index (χ1n) is 6.18. The van der Waals surface area contributed by atoms with E-state index < -0.39 is 0 Å². The molecule has 18 heavy (non-hydrogen) atoms. The molecule has 2 N–H and O–H groups in total. The van der Waals surface area contributed by atoms with Crippen molar-refractivity contribution in [2.45, 2.75) is 38.8 Å². The quantitative estimate of drug-likeness (QED) is 0.849. The van der Waals surface area contributed by atoms with Gasteiger partial charge in [-0.25, -0.2) is 0 Å². The van der Waals surface area contributed by atoms with E-state index in [4.69, 9.17) is 5.26 Å². The van der Waals surface area contributed by atoms with Crippen LogP contribution < -0.4 is 10.6 Å².